The number of hydrogen-bond acceptors (Lipinski definition) is 3. The van der Waals surface area contributed by atoms with Crippen LogP contribution >= 0.6 is 12.2 Å². The Morgan fingerprint density at radius 2 is 1.88 bits per heavy atom. The monoisotopic (exact) mass is 259 g/mol. The van der Waals surface area contributed by atoms with E-state index in [0.29, 0.717) is 6.42 Å². The van der Waals surface area contributed by atoms with Crippen molar-refractivity contribution in [3.8, 4) is 0 Å². The van der Waals surface area contributed by atoms with Crippen molar-refractivity contribution in [1.29, 1.82) is 0 Å². The maximum atomic E-state index is 11.9. The van der Waals surface area contributed by atoms with Crippen LogP contribution < -0.4 is 16.8 Å². The molecule has 0 aliphatic heterocycles. The zero-order valence-corrected chi connectivity index (χ0v) is 11.4. The van der Waals surface area contributed by atoms with Crippen LogP contribution in [0.5, 0.6) is 0 Å². The zero-order chi connectivity index (χ0) is 13.6. The molecule has 98 valence electrons. The van der Waals surface area contributed by atoms with Crippen LogP contribution in [0, 0.1) is 5.92 Å². The second kappa shape index (κ2) is 6.54. The van der Waals surface area contributed by atoms with E-state index in [1.807, 2.05) is 6.92 Å². The highest BCUT2D eigenvalue weighted by atomic mass is 32.1. The Morgan fingerprint density at radius 3 is 2.24 bits per heavy atom. The Kier molecular flexibility index (Phi) is 6.09. The van der Waals surface area contributed by atoms with Gasteiger partial charge >= 0.3 is 0 Å². The van der Waals surface area contributed by atoms with Crippen LogP contribution in [0.15, 0.2) is 0 Å². The molecule has 0 bridgehead atoms. The zero-order valence-electron chi connectivity index (χ0n) is 10.6. The van der Waals surface area contributed by atoms with Crippen molar-refractivity contribution in [2.24, 2.45) is 17.4 Å². The first kappa shape index (κ1) is 15.8. The van der Waals surface area contributed by atoms with Gasteiger partial charge in [-0.25, -0.2) is 0 Å². The number of nitrogens with two attached hydrogens (primary N) is 2. The second-order valence-electron chi connectivity index (χ2n) is 4.76. The molecule has 0 aromatic heterocycles. The van der Waals surface area contributed by atoms with Crippen molar-refractivity contribution < 1.29 is 9.59 Å². The minimum absolute atomic E-state index is 0.0783. The normalized spacial score (nSPS) is 12.9. The molecule has 1 atom stereocenters. The Hall–Kier alpha value is -1.17. The van der Waals surface area contributed by atoms with Crippen molar-refractivity contribution in [3.05, 3.63) is 0 Å². The van der Waals surface area contributed by atoms with Crippen LogP contribution in [-0.2, 0) is 9.59 Å². The van der Waals surface area contributed by atoms with Crippen molar-refractivity contribution >= 4 is 29.0 Å². The Bertz CT molecular complexity index is 316. The second-order valence-corrected chi connectivity index (χ2v) is 5.23. The number of nitrogens with one attached hydrogen (secondary N) is 1. The molecule has 2 amide bonds. The molecule has 0 aromatic carbocycles. The average Bonchev–Trinajstić information content (AvgIpc) is 2.09. The molecule has 0 radical (unpaired) electrons. The average molecular weight is 259 g/mol. The Morgan fingerprint density at radius 1 is 1.35 bits per heavy atom. The van der Waals surface area contributed by atoms with Crippen molar-refractivity contribution in [2.75, 3.05) is 0 Å². The maximum absolute atomic E-state index is 11.9. The van der Waals surface area contributed by atoms with Gasteiger partial charge in [0.1, 0.15) is 0 Å². The lowest BCUT2D eigenvalue weighted by Gasteiger charge is -2.27. The highest BCUT2D eigenvalue weighted by Gasteiger charge is 2.28. The predicted octanol–water partition coefficient (Wildman–Crippen LogP) is 0.459. The summed E-state index contributed by atoms with van der Waals surface area (Å²) in [6.45, 7) is 5.42. The molecule has 6 heteroatoms. The minimum Gasteiger partial charge on any atom is -0.393 e. The van der Waals surface area contributed by atoms with Crippen LogP contribution in [0.1, 0.15) is 40.0 Å². The molecule has 1 unspecified atom stereocenters. The standard InChI is InChI=1S/C11H21N3O2S/c1-4-5-7(9(13)17)10(16)14-11(2,3)6-8(12)15/h7H,4-6H2,1-3H3,(H2,12,15)(H2,13,17)(H,14,16). The summed E-state index contributed by atoms with van der Waals surface area (Å²) in [6, 6.07) is 0. The third kappa shape index (κ3) is 6.21. The molecular formula is C11H21N3O2S. The number of thiocarbonyl (C=S) groups is 1. The Labute approximate surface area is 107 Å². The maximum Gasteiger partial charge on any atom is 0.230 e. The summed E-state index contributed by atoms with van der Waals surface area (Å²) >= 11 is 4.86. The van der Waals surface area contributed by atoms with Crippen LogP contribution in [0.2, 0.25) is 0 Å². The molecule has 0 aromatic rings. The number of primary amides is 1. The molecule has 17 heavy (non-hydrogen) atoms. The van der Waals surface area contributed by atoms with E-state index in [0.717, 1.165) is 6.42 Å². The lowest BCUT2D eigenvalue weighted by molar-refractivity contribution is -0.125. The summed E-state index contributed by atoms with van der Waals surface area (Å²) in [5, 5.41) is 2.75. The summed E-state index contributed by atoms with van der Waals surface area (Å²) in [6.07, 6.45) is 1.49. The number of carbonyl (C=O) groups excluding carboxylic acids is 2. The quantitative estimate of drug-likeness (QED) is 0.578. The van der Waals surface area contributed by atoms with Crippen molar-refractivity contribution in [3.63, 3.8) is 0 Å². The van der Waals surface area contributed by atoms with Crippen molar-refractivity contribution in [1.82, 2.24) is 5.32 Å². The molecule has 0 saturated heterocycles. The van der Waals surface area contributed by atoms with E-state index in [9.17, 15) is 9.59 Å². The number of hydrogen-bond donors (Lipinski definition) is 3. The SMILES string of the molecule is CCCC(C(=O)NC(C)(C)CC(N)=O)C(N)=S. The molecule has 0 fully saturated rings. The van der Waals surface area contributed by atoms with Gasteiger partial charge in [0.25, 0.3) is 0 Å². The summed E-state index contributed by atoms with van der Waals surface area (Å²) in [7, 11) is 0. The molecule has 5 nitrogen and oxygen atoms in total. The summed E-state index contributed by atoms with van der Waals surface area (Å²) in [4.78, 5) is 23.0. The smallest absolute Gasteiger partial charge is 0.230 e. The summed E-state index contributed by atoms with van der Waals surface area (Å²) < 4.78 is 0. The van der Waals surface area contributed by atoms with Crippen molar-refractivity contribution in [2.45, 2.75) is 45.6 Å². The molecule has 0 aliphatic carbocycles. The van der Waals surface area contributed by atoms with E-state index < -0.39 is 17.4 Å². The highest BCUT2D eigenvalue weighted by Crippen LogP contribution is 2.12. The minimum atomic E-state index is -0.681. The molecule has 0 heterocycles. The van der Waals surface area contributed by atoms with Crippen LogP contribution in [-0.4, -0.2) is 22.3 Å². The molecule has 5 N–H and O–H groups in total. The van der Waals surface area contributed by atoms with E-state index in [1.54, 1.807) is 13.8 Å². The van der Waals surface area contributed by atoms with Gasteiger partial charge in [0, 0.05) is 12.0 Å². The van der Waals surface area contributed by atoms with Gasteiger partial charge in [-0.05, 0) is 20.3 Å². The summed E-state index contributed by atoms with van der Waals surface area (Å²) in [5.74, 6) is -1.19. The molecule has 0 spiro atoms. The lowest BCUT2D eigenvalue weighted by atomic mass is 9.96. The van der Waals surface area contributed by atoms with Gasteiger partial charge in [0.05, 0.1) is 10.9 Å². The van der Waals surface area contributed by atoms with E-state index in [2.05, 4.69) is 5.32 Å². The first-order chi connectivity index (χ1) is 7.69. The highest BCUT2D eigenvalue weighted by molar-refractivity contribution is 7.80. The van der Waals surface area contributed by atoms with E-state index >= 15 is 0 Å². The first-order valence-corrected chi connectivity index (χ1v) is 6.00. The first-order valence-electron chi connectivity index (χ1n) is 5.59. The van der Waals surface area contributed by atoms with E-state index in [1.165, 1.54) is 0 Å². The third-order valence-corrected chi connectivity index (χ3v) is 2.60. The third-order valence-electron chi connectivity index (χ3n) is 2.32. The van der Waals surface area contributed by atoms with Gasteiger partial charge in [-0.15, -0.1) is 0 Å². The number of rotatable bonds is 7. The molecule has 0 rings (SSSR count). The van der Waals surface area contributed by atoms with Gasteiger partial charge in [-0.1, -0.05) is 25.6 Å². The van der Waals surface area contributed by atoms with Gasteiger partial charge in [0.2, 0.25) is 11.8 Å². The Balaban J connectivity index is 4.59. The number of carbonyl (C=O) groups is 2. The van der Waals surface area contributed by atoms with Gasteiger partial charge < -0.3 is 16.8 Å². The van der Waals surface area contributed by atoms with Crippen LogP contribution in [0.3, 0.4) is 0 Å². The molecular weight excluding hydrogens is 238 g/mol. The fourth-order valence-corrected chi connectivity index (χ4v) is 1.82. The molecule has 0 saturated carbocycles. The van der Waals surface area contributed by atoms with Gasteiger partial charge in [-0.3, -0.25) is 9.59 Å². The van der Waals surface area contributed by atoms with Crippen LogP contribution in [0.4, 0.5) is 0 Å². The van der Waals surface area contributed by atoms with Crippen LogP contribution in [0.25, 0.3) is 0 Å². The predicted molar refractivity (Wildman–Crippen MR) is 71.2 cm³/mol. The number of amides is 2. The van der Waals surface area contributed by atoms with E-state index in [-0.39, 0.29) is 17.3 Å². The van der Waals surface area contributed by atoms with Gasteiger partial charge in [-0.2, -0.15) is 0 Å². The fraction of sp³-hybridized carbons (Fsp3) is 0.727. The largest absolute Gasteiger partial charge is 0.393 e. The molecule has 0 aliphatic rings. The fourth-order valence-electron chi connectivity index (χ4n) is 1.59. The summed E-state index contributed by atoms with van der Waals surface area (Å²) in [5.41, 5.74) is 9.95. The topological polar surface area (TPSA) is 98.2 Å². The van der Waals surface area contributed by atoms with Gasteiger partial charge in [0.15, 0.2) is 0 Å². The lowest BCUT2D eigenvalue weighted by Crippen LogP contribution is -2.50. The van der Waals surface area contributed by atoms with E-state index in [4.69, 9.17) is 23.7 Å².